The minimum absolute atomic E-state index is 0.115. The minimum atomic E-state index is -5.08. The molecule has 3 rings (SSSR count). The average molecular weight is 442 g/mol. The molecule has 31 heavy (non-hydrogen) atoms. The van der Waals surface area contributed by atoms with Crippen molar-refractivity contribution in [1.29, 1.82) is 0 Å². The van der Waals surface area contributed by atoms with Crippen LogP contribution in [-0.4, -0.2) is 64.0 Å². The van der Waals surface area contributed by atoms with Gasteiger partial charge in [0.15, 0.2) is 0 Å². The van der Waals surface area contributed by atoms with Crippen molar-refractivity contribution in [3.05, 3.63) is 53.9 Å². The van der Waals surface area contributed by atoms with Gasteiger partial charge in [-0.05, 0) is 17.7 Å². The van der Waals surface area contributed by atoms with Gasteiger partial charge in [-0.2, -0.15) is 13.2 Å². The first-order valence-electron chi connectivity index (χ1n) is 9.41. The van der Waals surface area contributed by atoms with Gasteiger partial charge in [0.2, 0.25) is 0 Å². The molecule has 0 aliphatic carbocycles. The van der Waals surface area contributed by atoms with E-state index in [1.165, 1.54) is 11.3 Å². The Kier molecular flexibility index (Phi) is 8.57. The molecule has 1 aliphatic heterocycles. The SMILES string of the molecule is C=CCOCC1c2nnn(C)c2CCN1Cc1ccc(OC)cc1.O=C(O)C(F)(F)F. The maximum Gasteiger partial charge on any atom is 0.490 e. The number of hydrogen-bond acceptors (Lipinski definition) is 6. The lowest BCUT2D eigenvalue weighted by Crippen LogP contribution is -2.38. The number of ether oxygens (including phenoxy) is 2. The van der Waals surface area contributed by atoms with Gasteiger partial charge in [-0.3, -0.25) is 9.58 Å². The van der Waals surface area contributed by atoms with Crippen LogP contribution in [0.1, 0.15) is 23.0 Å². The van der Waals surface area contributed by atoms with Gasteiger partial charge < -0.3 is 14.6 Å². The third-order valence-electron chi connectivity index (χ3n) is 4.66. The second-order valence-electron chi connectivity index (χ2n) is 6.76. The third-order valence-corrected chi connectivity index (χ3v) is 4.66. The van der Waals surface area contributed by atoms with Crippen molar-refractivity contribution in [1.82, 2.24) is 19.9 Å². The van der Waals surface area contributed by atoms with Gasteiger partial charge in [0.1, 0.15) is 11.4 Å². The number of halogens is 3. The van der Waals surface area contributed by atoms with Crippen LogP contribution in [0.15, 0.2) is 36.9 Å². The van der Waals surface area contributed by atoms with E-state index < -0.39 is 12.1 Å². The summed E-state index contributed by atoms with van der Waals surface area (Å²) in [7, 11) is 3.63. The lowest BCUT2D eigenvalue weighted by Gasteiger charge is -2.34. The number of hydrogen-bond donors (Lipinski definition) is 1. The van der Waals surface area contributed by atoms with Gasteiger partial charge in [-0.15, -0.1) is 11.7 Å². The zero-order valence-corrected chi connectivity index (χ0v) is 17.3. The molecule has 2 aromatic rings. The molecule has 0 fully saturated rings. The maximum atomic E-state index is 10.6. The molecule has 170 valence electrons. The summed E-state index contributed by atoms with van der Waals surface area (Å²) in [6.45, 7) is 6.66. The van der Waals surface area contributed by atoms with E-state index in [-0.39, 0.29) is 6.04 Å². The van der Waals surface area contributed by atoms with Crippen LogP contribution in [0.2, 0.25) is 0 Å². The molecule has 0 radical (unpaired) electrons. The van der Waals surface area contributed by atoms with E-state index in [4.69, 9.17) is 19.4 Å². The predicted molar refractivity (Wildman–Crippen MR) is 106 cm³/mol. The number of aromatic nitrogens is 3. The minimum Gasteiger partial charge on any atom is -0.497 e. The second kappa shape index (κ2) is 10.9. The number of methoxy groups -OCH3 is 1. The number of carbonyl (C=O) groups is 1. The van der Waals surface area contributed by atoms with Gasteiger partial charge in [-0.25, -0.2) is 4.79 Å². The number of carboxylic acid groups (broad SMARTS) is 1. The zero-order chi connectivity index (χ0) is 23.0. The molecule has 0 spiro atoms. The van der Waals surface area contributed by atoms with Gasteiger partial charge >= 0.3 is 12.1 Å². The second-order valence-corrected chi connectivity index (χ2v) is 6.76. The number of aryl methyl sites for hydroxylation is 1. The first-order valence-corrected chi connectivity index (χ1v) is 9.41. The molecule has 8 nitrogen and oxygen atoms in total. The fraction of sp³-hybridized carbons (Fsp3) is 0.450. The van der Waals surface area contributed by atoms with Crippen LogP contribution >= 0.6 is 0 Å². The van der Waals surface area contributed by atoms with Gasteiger partial charge in [-0.1, -0.05) is 23.4 Å². The van der Waals surface area contributed by atoms with Gasteiger partial charge in [0.25, 0.3) is 0 Å². The third kappa shape index (κ3) is 6.79. The summed E-state index contributed by atoms with van der Waals surface area (Å²) in [6, 6.07) is 8.32. The van der Waals surface area contributed by atoms with Crippen molar-refractivity contribution in [2.24, 2.45) is 7.05 Å². The lowest BCUT2D eigenvalue weighted by molar-refractivity contribution is -0.192. The summed E-state index contributed by atoms with van der Waals surface area (Å²) in [6.07, 6.45) is -2.36. The zero-order valence-electron chi connectivity index (χ0n) is 17.3. The van der Waals surface area contributed by atoms with Crippen LogP contribution in [-0.2, 0) is 29.5 Å². The van der Waals surface area contributed by atoms with Gasteiger partial charge in [0.05, 0.1) is 32.1 Å². The van der Waals surface area contributed by atoms with E-state index >= 15 is 0 Å². The molecule has 11 heteroatoms. The van der Waals surface area contributed by atoms with Crippen molar-refractivity contribution in [3.63, 3.8) is 0 Å². The van der Waals surface area contributed by atoms with Crippen LogP contribution in [0.25, 0.3) is 0 Å². The summed E-state index contributed by atoms with van der Waals surface area (Å²) in [4.78, 5) is 11.3. The molecule has 0 bridgehead atoms. The quantitative estimate of drug-likeness (QED) is 0.521. The van der Waals surface area contributed by atoms with E-state index in [0.717, 1.165) is 31.0 Å². The Morgan fingerprint density at radius 2 is 2.00 bits per heavy atom. The van der Waals surface area contributed by atoms with Crippen LogP contribution in [0.4, 0.5) is 13.2 Å². The highest BCUT2D eigenvalue weighted by Gasteiger charge is 2.38. The highest BCUT2D eigenvalue weighted by Crippen LogP contribution is 2.29. The number of nitrogens with zero attached hydrogens (tertiary/aromatic N) is 4. The number of alkyl halides is 3. The maximum absolute atomic E-state index is 10.6. The standard InChI is InChI=1S/C18H24N4O2.C2HF3O2/c1-4-11-24-13-17-18-16(21(2)20-19-18)9-10-22(17)12-14-5-7-15(23-3)8-6-14;3-2(4,5)1(6)7/h4-8,17H,1,9-13H2,2-3H3;(H,6,7). The highest BCUT2D eigenvalue weighted by atomic mass is 19.4. The Labute approximate surface area is 177 Å². The lowest BCUT2D eigenvalue weighted by atomic mass is 10.0. The van der Waals surface area contributed by atoms with E-state index in [1.807, 2.05) is 23.9 Å². The Morgan fingerprint density at radius 3 is 2.55 bits per heavy atom. The fourth-order valence-electron chi connectivity index (χ4n) is 3.12. The molecule has 1 N–H and O–H groups in total. The molecule has 1 unspecified atom stereocenters. The normalized spacial score (nSPS) is 16.1. The van der Waals surface area contributed by atoms with E-state index in [9.17, 15) is 13.2 Å². The van der Waals surface area contributed by atoms with Crippen molar-refractivity contribution < 1.29 is 32.5 Å². The van der Waals surface area contributed by atoms with Crippen molar-refractivity contribution in [2.75, 3.05) is 26.9 Å². The van der Waals surface area contributed by atoms with Crippen LogP contribution < -0.4 is 4.74 Å². The molecule has 2 heterocycles. The van der Waals surface area contributed by atoms with Crippen LogP contribution in [0, 0.1) is 0 Å². The summed E-state index contributed by atoms with van der Waals surface area (Å²) in [5, 5.41) is 15.7. The Hall–Kier alpha value is -2.92. The summed E-state index contributed by atoms with van der Waals surface area (Å²) in [5.41, 5.74) is 3.48. The Morgan fingerprint density at radius 1 is 1.35 bits per heavy atom. The first kappa shape index (κ1) is 24.4. The summed E-state index contributed by atoms with van der Waals surface area (Å²) >= 11 is 0. The topological polar surface area (TPSA) is 89.7 Å². The van der Waals surface area contributed by atoms with Crippen LogP contribution in [0.3, 0.4) is 0 Å². The summed E-state index contributed by atoms with van der Waals surface area (Å²) < 4.78 is 44.6. The number of carboxylic acids is 1. The van der Waals surface area contributed by atoms with Crippen molar-refractivity contribution in [2.45, 2.75) is 25.2 Å². The van der Waals surface area contributed by atoms with Gasteiger partial charge in [0, 0.05) is 26.6 Å². The van der Waals surface area contributed by atoms with E-state index in [1.54, 1.807) is 13.2 Å². The highest BCUT2D eigenvalue weighted by molar-refractivity contribution is 5.73. The molecule has 0 amide bonds. The smallest absolute Gasteiger partial charge is 0.490 e. The Balaban J connectivity index is 0.000000423. The largest absolute Gasteiger partial charge is 0.497 e. The number of fused-ring (bicyclic) bond motifs is 1. The van der Waals surface area contributed by atoms with Crippen molar-refractivity contribution >= 4 is 5.97 Å². The first-order chi connectivity index (χ1) is 14.7. The van der Waals surface area contributed by atoms with E-state index in [2.05, 4.69) is 33.9 Å². The monoisotopic (exact) mass is 442 g/mol. The predicted octanol–water partition coefficient (Wildman–Crippen LogP) is 2.76. The average Bonchev–Trinajstić information content (AvgIpc) is 3.11. The number of rotatable bonds is 7. The van der Waals surface area contributed by atoms with E-state index in [0.29, 0.717) is 13.2 Å². The molecule has 0 saturated carbocycles. The molecule has 0 saturated heterocycles. The number of benzene rings is 1. The molecule has 1 aromatic carbocycles. The molecule has 1 aromatic heterocycles. The summed E-state index contributed by atoms with van der Waals surface area (Å²) in [5.74, 6) is -1.88. The molecule has 1 aliphatic rings. The molecular weight excluding hydrogens is 417 g/mol. The molecular formula is C20H25F3N4O4. The van der Waals surface area contributed by atoms with Crippen molar-refractivity contribution in [3.8, 4) is 5.75 Å². The van der Waals surface area contributed by atoms with Crippen LogP contribution in [0.5, 0.6) is 5.75 Å². The molecule has 1 atom stereocenters. The number of aliphatic carboxylic acids is 1. The fourth-order valence-corrected chi connectivity index (χ4v) is 3.12. The Bertz CT molecular complexity index is 868.